The maximum Gasteiger partial charge on any atom is 0.106 e. The molecule has 1 aliphatic heterocycles. The van der Waals surface area contributed by atoms with E-state index >= 15 is 0 Å². The number of oxime groups is 1. The van der Waals surface area contributed by atoms with Gasteiger partial charge in [0.2, 0.25) is 0 Å². The summed E-state index contributed by atoms with van der Waals surface area (Å²) in [5.41, 5.74) is 1.06. The molecular weight excluding hydrogens is 202 g/mol. The third-order valence-corrected chi connectivity index (χ3v) is 7.32. The van der Waals surface area contributed by atoms with Crippen molar-refractivity contribution in [2.45, 2.75) is 17.4 Å². The third kappa shape index (κ3) is 0.911. The highest BCUT2D eigenvalue weighted by atomic mass is 32.2. The molecule has 3 atom stereocenters. The number of nitrogens with zero attached hydrogens (tertiary/aromatic N) is 1. The molecule has 3 fully saturated rings. The molecule has 0 radical (unpaired) electrons. The van der Waals surface area contributed by atoms with Gasteiger partial charge in [-0.15, -0.1) is 23.5 Å². The van der Waals surface area contributed by atoms with Gasteiger partial charge in [-0.25, -0.2) is 0 Å². The smallest absolute Gasteiger partial charge is 0.106 e. The average Bonchev–Trinajstić information content (AvgIpc) is 2.59. The molecule has 72 valence electrons. The Bertz CT molecular complexity index is 273. The van der Waals surface area contributed by atoms with Crippen LogP contribution in [0.2, 0.25) is 0 Å². The first kappa shape index (κ1) is 8.48. The van der Waals surface area contributed by atoms with E-state index in [2.05, 4.69) is 12.1 Å². The molecule has 0 aromatic carbocycles. The summed E-state index contributed by atoms with van der Waals surface area (Å²) in [5, 5.41) is 12.5. The topological polar surface area (TPSA) is 32.6 Å². The summed E-state index contributed by atoms with van der Waals surface area (Å²) in [6.07, 6.45) is 1.04. The molecule has 0 aromatic heterocycles. The van der Waals surface area contributed by atoms with E-state index < -0.39 is 0 Å². The maximum atomic E-state index is 8.98. The molecule has 0 amide bonds. The highest BCUT2D eigenvalue weighted by Gasteiger charge is 2.68. The fourth-order valence-corrected chi connectivity index (χ4v) is 6.79. The summed E-state index contributed by atoms with van der Waals surface area (Å²) in [5.74, 6) is 4.93. The van der Waals surface area contributed by atoms with Crippen LogP contribution in [-0.2, 0) is 0 Å². The quantitative estimate of drug-likeness (QED) is 0.497. The lowest BCUT2D eigenvalue weighted by Crippen LogP contribution is -2.29. The predicted octanol–water partition coefficient (Wildman–Crippen LogP) is 2.28. The van der Waals surface area contributed by atoms with E-state index in [0.29, 0.717) is 0 Å². The van der Waals surface area contributed by atoms with Gasteiger partial charge < -0.3 is 5.21 Å². The zero-order valence-electron chi connectivity index (χ0n) is 7.56. The first-order valence-electron chi connectivity index (χ1n) is 4.79. The average molecular weight is 215 g/mol. The Labute approximate surface area is 86.5 Å². The zero-order chi connectivity index (χ0) is 9.05. The van der Waals surface area contributed by atoms with Gasteiger partial charge in [-0.05, 0) is 24.2 Å². The molecule has 2 aliphatic carbocycles. The molecule has 0 bridgehead atoms. The molecule has 2 saturated carbocycles. The van der Waals surface area contributed by atoms with E-state index in [0.717, 1.165) is 29.9 Å². The van der Waals surface area contributed by atoms with Crippen molar-refractivity contribution in [1.82, 2.24) is 0 Å². The second-order valence-electron chi connectivity index (χ2n) is 4.16. The van der Waals surface area contributed by atoms with Gasteiger partial charge in [-0.2, -0.15) is 0 Å². The fraction of sp³-hybridized carbons (Fsp3) is 0.889. The normalized spacial score (nSPS) is 48.7. The minimum absolute atomic E-state index is 0.193. The van der Waals surface area contributed by atoms with Gasteiger partial charge in [0.25, 0.3) is 0 Å². The van der Waals surface area contributed by atoms with Crippen LogP contribution in [0.4, 0.5) is 0 Å². The minimum Gasteiger partial charge on any atom is -0.411 e. The predicted molar refractivity (Wildman–Crippen MR) is 57.6 cm³/mol. The van der Waals surface area contributed by atoms with Crippen molar-refractivity contribution in [3.8, 4) is 0 Å². The van der Waals surface area contributed by atoms with Crippen LogP contribution >= 0.6 is 23.5 Å². The molecule has 1 saturated heterocycles. The maximum absolute atomic E-state index is 8.98. The van der Waals surface area contributed by atoms with E-state index in [4.69, 9.17) is 5.21 Å². The first-order valence-corrected chi connectivity index (χ1v) is 6.76. The van der Waals surface area contributed by atoms with Crippen LogP contribution in [0.3, 0.4) is 0 Å². The molecule has 1 spiro atoms. The van der Waals surface area contributed by atoms with Crippen molar-refractivity contribution in [1.29, 1.82) is 0 Å². The molecule has 13 heavy (non-hydrogen) atoms. The molecule has 2 nitrogen and oxygen atoms in total. The van der Waals surface area contributed by atoms with Gasteiger partial charge in [0, 0.05) is 11.5 Å². The minimum atomic E-state index is 0.193. The van der Waals surface area contributed by atoms with Gasteiger partial charge in [0.1, 0.15) is 4.08 Å². The van der Waals surface area contributed by atoms with Gasteiger partial charge in [-0.3, -0.25) is 0 Å². The summed E-state index contributed by atoms with van der Waals surface area (Å²) < 4.78 is 0.193. The van der Waals surface area contributed by atoms with Crippen LogP contribution in [0.5, 0.6) is 0 Å². The SMILES string of the molecule is C[C@@H]1[C@@H]2C/C(=N\O)C3(SCCS3)[C@H]12. The highest BCUT2D eigenvalue weighted by molar-refractivity contribution is 8.22. The van der Waals surface area contributed by atoms with Gasteiger partial charge in [0.15, 0.2) is 0 Å². The van der Waals surface area contributed by atoms with Crippen LogP contribution in [-0.4, -0.2) is 26.5 Å². The molecular formula is C9H13NOS2. The van der Waals surface area contributed by atoms with Gasteiger partial charge in [-0.1, -0.05) is 12.1 Å². The molecule has 3 rings (SSSR count). The molecule has 0 aromatic rings. The largest absolute Gasteiger partial charge is 0.411 e. The molecule has 4 heteroatoms. The molecule has 1 N–H and O–H groups in total. The number of hydrogen-bond donors (Lipinski definition) is 1. The van der Waals surface area contributed by atoms with Crippen molar-refractivity contribution >= 4 is 29.2 Å². The van der Waals surface area contributed by atoms with E-state index in [1.807, 2.05) is 23.5 Å². The lowest BCUT2D eigenvalue weighted by atomic mass is 10.1. The lowest BCUT2D eigenvalue weighted by Gasteiger charge is -2.24. The lowest BCUT2D eigenvalue weighted by molar-refractivity contribution is 0.316. The summed E-state index contributed by atoms with van der Waals surface area (Å²) in [6, 6.07) is 0. The Kier molecular flexibility index (Phi) is 1.69. The van der Waals surface area contributed by atoms with E-state index in [9.17, 15) is 0 Å². The standard InChI is InChI=1S/C9H13NOS2/c1-5-6-4-7(10-11)9(8(5)6)12-2-3-13-9/h5-6,8,11H,2-4H2,1H3/b10-7+/t5-,6+,8-/m1/s1. The van der Waals surface area contributed by atoms with Gasteiger partial charge >= 0.3 is 0 Å². The zero-order valence-corrected chi connectivity index (χ0v) is 9.20. The summed E-state index contributed by atoms with van der Waals surface area (Å²) in [7, 11) is 0. The van der Waals surface area contributed by atoms with Crippen LogP contribution in [0, 0.1) is 17.8 Å². The monoisotopic (exact) mass is 215 g/mol. The highest BCUT2D eigenvalue weighted by Crippen LogP contribution is 2.70. The molecule has 3 aliphatic rings. The molecule has 1 heterocycles. The second kappa shape index (κ2) is 2.60. The number of rotatable bonds is 0. The molecule has 0 unspecified atom stereocenters. The van der Waals surface area contributed by atoms with E-state index in [1.165, 1.54) is 11.5 Å². The summed E-state index contributed by atoms with van der Waals surface area (Å²) >= 11 is 4.02. The van der Waals surface area contributed by atoms with Crippen LogP contribution in [0.1, 0.15) is 13.3 Å². The van der Waals surface area contributed by atoms with Crippen molar-refractivity contribution < 1.29 is 5.21 Å². The van der Waals surface area contributed by atoms with Crippen molar-refractivity contribution in [3.63, 3.8) is 0 Å². The fourth-order valence-electron chi connectivity index (χ4n) is 2.94. The van der Waals surface area contributed by atoms with Crippen LogP contribution in [0.25, 0.3) is 0 Å². The second-order valence-corrected chi connectivity index (χ2v) is 7.10. The Morgan fingerprint density at radius 3 is 2.77 bits per heavy atom. The summed E-state index contributed by atoms with van der Waals surface area (Å²) in [4.78, 5) is 0. The van der Waals surface area contributed by atoms with Crippen LogP contribution < -0.4 is 0 Å². The number of hydrogen-bond acceptors (Lipinski definition) is 4. The van der Waals surface area contributed by atoms with Gasteiger partial charge in [0.05, 0.1) is 5.71 Å². The van der Waals surface area contributed by atoms with E-state index in [-0.39, 0.29) is 4.08 Å². The van der Waals surface area contributed by atoms with Crippen molar-refractivity contribution in [2.75, 3.05) is 11.5 Å². The van der Waals surface area contributed by atoms with E-state index in [1.54, 1.807) is 0 Å². The Balaban J connectivity index is 1.97. The van der Waals surface area contributed by atoms with Crippen molar-refractivity contribution in [2.24, 2.45) is 22.9 Å². The Morgan fingerprint density at radius 1 is 1.46 bits per heavy atom. The Morgan fingerprint density at radius 2 is 2.15 bits per heavy atom. The third-order valence-electron chi connectivity index (χ3n) is 3.67. The number of fused-ring (bicyclic) bond motifs is 2. The Hall–Kier alpha value is 0.170. The van der Waals surface area contributed by atoms with Crippen LogP contribution in [0.15, 0.2) is 5.16 Å². The van der Waals surface area contributed by atoms with Crippen molar-refractivity contribution in [3.05, 3.63) is 0 Å². The number of thioether (sulfide) groups is 2. The summed E-state index contributed by atoms with van der Waals surface area (Å²) in [6.45, 7) is 2.34. The first-order chi connectivity index (χ1) is 6.29.